The van der Waals surface area contributed by atoms with Gasteiger partial charge in [-0.05, 0) is 18.6 Å². The van der Waals surface area contributed by atoms with Crippen molar-refractivity contribution in [1.82, 2.24) is 0 Å². The van der Waals surface area contributed by atoms with Crippen molar-refractivity contribution >= 4 is 23.3 Å². The van der Waals surface area contributed by atoms with Crippen LogP contribution < -0.4 is 4.90 Å². The summed E-state index contributed by atoms with van der Waals surface area (Å²) in [5.41, 5.74) is 2.11. The third-order valence-corrected chi connectivity index (χ3v) is 2.55. The van der Waals surface area contributed by atoms with Gasteiger partial charge >= 0.3 is 5.97 Å². The van der Waals surface area contributed by atoms with Gasteiger partial charge in [-0.3, -0.25) is 4.79 Å². The third kappa shape index (κ3) is 3.13. The highest BCUT2D eigenvalue weighted by Gasteiger charge is 2.16. The summed E-state index contributed by atoms with van der Waals surface area (Å²) in [4.78, 5) is 12.4. The lowest BCUT2D eigenvalue weighted by Crippen LogP contribution is -2.31. The van der Waals surface area contributed by atoms with Gasteiger partial charge in [0.1, 0.15) is 5.38 Å². The minimum atomic E-state index is -0.989. The smallest absolute Gasteiger partial charge is 0.323 e. The molecule has 4 heteroatoms. The molecule has 15 heavy (non-hydrogen) atoms. The topological polar surface area (TPSA) is 40.5 Å². The largest absolute Gasteiger partial charge is 0.480 e. The number of aliphatic carboxylic acids is 1. The van der Waals surface area contributed by atoms with Gasteiger partial charge in [-0.15, -0.1) is 11.6 Å². The van der Waals surface area contributed by atoms with Crippen molar-refractivity contribution in [2.75, 3.05) is 18.5 Å². The average Bonchev–Trinajstić information content (AvgIpc) is 2.18. The average molecular weight is 228 g/mol. The molecule has 0 amide bonds. The van der Waals surface area contributed by atoms with Crippen LogP contribution in [0, 0.1) is 6.92 Å². The molecular formula is C11H14ClNO2. The van der Waals surface area contributed by atoms with Crippen molar-refractivity contribution in [1.29, 1.82) is 0 Å². The van der Waals surface area contributed by atoms with Crippen LogP contribution in [0.1, 0.15) is 5.56 Å². The molecule has 0 radical (unpaired) electrons. The molecule has 1 N–H and O–H groups in total. The fourth-order valence-corrected chi connectivity index (χ4v) is 1.62. The first-order valence-electron chi connectivity index (χ1n) is 4.66. The van der Waals surface area contributed by atoms with Crippen LogP contribution in [0.4, 0.5) is 5.69 Å². The number of benzene rings is 1. The minimum Gasteiger partial charge on any atom is -0.480 e. The summed E-state index contributed by atoms with van der Waals surface area (Å²) >= 11 is 5.67. The van der Waals surface area contributed by atoms with Crippen LogP contribution in [0.15, 0.2) is 24.3 Å². The van der Waals surface area contributed by atoms with E-state index in [1.54, 1.807) is 0 Å². The Hall–Kier alpha value is -1.22. The van der Waals surface area contributed by atoms with Gasteiger partial charge in [-0.1, -0.05) is 18.2 Å². The van der Waals surface area contributed by atoms with Crippen LogP contribution in [0.3, 0.4) is 0 Å². The SMILES string of the molecule is Cc1ccccc1N(C)CC(Cl)C(=O)O. The molecule has 0 saturated carbocycles. The van der Waals surface area contributed by atoms with Crippen LogP contribution in [0.5, 0.6) is 0 Å². The number of anilines is 1. The number of alkyl halides is 1. The second-order valence-electron chi connectivity index (χ2n) is 3.47. The Kier molecular flexibility index (Phi) is 3.97. The molecule has 0 aliphatic carbocycles. The van der Waals surface area contributed by atoms with E-state index < -0.39 is 11.3 Å². The maximum atomic E-state index is 10.6. The molecule has 1 aromatic carbocycles. The van der Waals surface area contributed by atoms with Crippen LogP contribution in [-0.4, -0.2) is 30.0 Å². The number of hydrogen-bond donors (Lipinski definition) is 1. The molecule has 82 valence electrons. The Morgan fingerprint density at radius 1 is 1.53 bits per heavy atom. The maximum absolute atomic E-state index is 10.6. The van der Waals surface area contributed by atoms with Crippen molar-refractivity contribution < 1.29 is 9.90 Å². The zero-order valence-electron chi connectivity index (χ0n) is 8.77. The van der Waals surface area contributed by atoms with Crippen molar-refractivity contribution in [3.05, 3.63) is 29.8 Å². The van der Waals surface area contributed by atoms with Gasteiger partial charge in [-0.25, -0.2) is 0 Å². The van der Waals surface area contributed by atoms with Crippen LogP contribution >= 0.6 is 11.6 Å². The lowest BCUT2D eigenvalue weighted by atomic mass is 10.2. The molecule has 0 aliphatic rings. The molecule has 0 aromatic heterocycles. The highest BCUT2D eigenvalue weighted by molar-refractivity contribution is 6.30. The highest BCUT2D eigenvalue weighted by Crippen LogP contribution is 2.18. The summed E-state index contributed by atoms with van der Waals surface area (Å²) in [6, 6.07) is 7.79. The molecule has 1 atom stereocenters. The molecule has 0 spiro atoms. The number of nitrogens with zero attached hydrogens (tertiary/aromatic N) is 1. The van der Waals surface area contributed by atoms with Crippen LogP contribution in [0.25, 0.3) is 0 Å². The van der Waals surface area contributed by atoms with Crippen molar-refractivity contribution in [3.63, 3.8) is 0 Å². The van der Waals surface area contributed by atoms with Crippen LogP contribution in [0.2, 0.25) is 0 Å². The summed E-state index contributed by atoms with van der Waals surface area (Å²) in [5.74, 6) is -0.989. The van der Waals surface area contributed by atoms with Gasteiger partial charge in [0.05, 0.1) is 0 Å². The Morgan fingerprint density at radius 2 is 2.13 bits per heavy atom. The van der Waals surface area contributed by atoms with Gasteiger partial charge in [-0.2, -0.15) is 0 Å². The number of halogens is 1. The lowest BCUT2D eigenvalue weighted by molar-refractivity contribution is -0.136. The molecule has 1 aromatic rings. The molecule has 1 unspecified atom stereocenters. The molecule has 0 aliphatic heterocycles. The number of carboxylic acid groups (broad SMARTS) is 1. The van der Waals surface area contributed by atoms with E-state index in [1.807, 2.05) is 43.1 Å². The zero-order chi connectivity index (χ0) is 11.4. The second kappa shape index (κ2) is 5.03. The Balaban J connectivity index is 2.73. The first-order valence-corrected chi connectivity index (χ1v) is 5.09. The van der Waals surface area contributed by atoms with Crippen molar-refractivity contribution in [2.24, 2.45) is 0 Å². The van der Waals surface area contributed by atoms with Gasteiger partial charge in [0, 0.05) is 19.3 Å². The van der Waals surface area contributed by atoms with Crippen molar-refractivity contribution in [3.8, 4) is 0 Å². The summed E-state index contributed by atoms with van der Waals surface area (Å²) in [7, 11) is 1.83. The number of aryl methyl sites for hydroxylation is 1. The summed E-state index contributed by atoms with van der Waals surface area (Å²) in [6.45, 7) is 2.28. The number of rotatable bonds is 4. The number of hydrogen-bond acceptors (Lipinski definition) is 2. The predicted octanol–water partition coefficient (Wildman–Crippen LogP) is 2.12. The van der Waals surface area contributed by atoms with Crippen LogP contribution in [-0.2, 0) is 4.79 Å². The monoisotopic (exact) mass is 227 g/mol. The standard InChI is InChI=1S/C11H14ClNO2/c1-8-5-3-4-6-10(8)13(2)7-9(12)11(14)15/h3-6,9H,7H2,1-2H3,(H,14,15). The molecule has 0 heterocycles. The van der Waals surface area contributed by atoms with E-state index in [0.717, 1.165) is 11.3 Å². The Labute approximate surface area is 94.3 Å². The molecule has 0 bridgehead atoms. The minimum absolute atomic E-state index is 0.293. The predicted molar refractivity (Wildman–Crippen MR) is 61.7 cm³/mol. The second-order valence-corrected chi connectivity index (χ2v) is 4.00. The van der Waals surface area contributed by atoms with Gasteiger partial charge < -0.3 is 10.0 Å². The Morgan fingerprint density at radius 3 is 2.67 bits per heavy atom. The first-order chi connectivity index (χ1) is 7.02. The molecule has 3 nitrogen and oxygen atoms in total. The fourth-order valence-electron chi connectivity index (χ4n) is 1.41. The number of para-hydroxylation sites is 1. The van der Waals surface area contributed by atoms with E-state index in [0.29, 0.717) is 6.54 Å². The summed E-state index contributed by atoms with van der Waals surface area (Å²) < 4.78 is 0. The molecule has 0 fully saturated rings. The maximum Gasteiger partial charge on any atom is 0.323 e. The number of carbonyl (C=O) groups is 1. The lowest BCUT2D eigenvalue weighted by Gasteiger charge is -2.22. The van der Waals surface area contributed by atoms with E-state index in [-0.39, 0.29) is 0 Å². The third-order valence-electron chi connectivity index (χ3n) is 2.23. The quantitative estimate of drug-likeness (QED) is 0.802. The highest BCUT2D eigenvalue weighted by atomic mass is 35.5. The van der Waals surface area contributed by atoms with Crippen molar-refractivity contribution in [2.45, 2.75) is 12.3 Å². The van der Waals surface area contributed by atoms with Gasteiger partial charge in [0.2, 0.25) is 0 Å². The fraction of sp³-hybridized carbons (Fsp3) is 0.364. The summed E-state index contributed by atoms with van der Waals surface area (Å²) in [5, 5.41) is 7.81. The summed E-state index contributed by atoms with van der Waals surface area (Å²) in [6.07, 6.45) is 0. The van der Waals surface area contributed by atoms with E-state index in [1.165, 1.54) is 0 Å². The number of carboxylic acids is 1. The van der Waals surface area contributed by atoms with E-state index in [2.05, 4.69) is 0 Å². The Bertz CT molecular complexity index is 354. The molecule has 0 saturated heterocycles. The first kappa shape index (κ1) is 11.9. The van der Waals surface area contributed by atoms with Gasteiger partial charge in [0.25, 0.3) is 0 Å². The normalized spacial score (nSPS) is 12.2. The zero-order valence-corrected chi connectivity index (χ0v) is 9.53. The molecular weight excluding hydrogens is 214 g/mol. The molecule has 1 rings (SSSR count). The van der Waals surface area contributed by atoms with E-state index >= 15 is 0 Å². The van der Waals surface area contributed by atoms with E-state index in [9.17, 15) is 4.79 Å². The van der Waals surface area contributed by atoms with E-state index in [4.69, 9.17) is 16.7 Å². The van der Waals surface area contributed by atoms with Gasteiger partial charge in [0.15, 0.2) is 0 Å².